The largest absolute Gasteiger partial charge is 0.489 e. The van der Waals surface area contributed by atoms with Crippen LogP contribution < -0.4 is 4.74 Å². The Morgan fingerprint density at radius 3 is 2.12 bits per heavy atom. The second-order valence-corrected chi connectivity index (χ2v) is 7.48. The number of halogens is 1. The summed E-state index contributed by atoms with van der Waals surface area (Å²) in [5, 5.41) is 0.646. The maximum Gasteiger partial charge on any atom is 0.183 e. The van der Waals surface area contributed by atoms with Gasteiger partial charge in [-0.15, -0.1) is 0 Å². The Labute approximate surface area is 162 Å². The number of methoxy groups -OCH3 is 2. The Hall–Kier alpha value is -1.55. The van der Waals surface area contributed by atoms with Crippen molar-refractivity contribution >= 4 is 11.6 Å². The molecule has 0 aromatic heterocycles. The Morgan fingerprint density at radius 1 is 0.846 bits per heavy atom. The minimum atomic E-state index is -0.473. The van der Waals surface area contributed by atoms with Gasteiger partial charge in [0.2, 0.25) is 0 Å². The van der Waals surface area contributed by atoms with Crippen LogP contribution >= 0.6 is 11.6 Å². The van der Waals surface area contributed by atoms with E-state index in [2.05, 4.69) is 45.9 Å². The fourth-order valence-electron chi connectivity index (χ4n) is 2.93. The van der Waals surface area contributed by atoms with Gasteiger partial charge in [-0.2, -0.15) is 0 Å². The molecule has 0 heterocycles. The highest BCUT2D eigenvalue weighted by atomic mass is 35.5. The smallest absolute Gasteiger partial charge is 0.183 e. The van der Waals surface area contributed by atoms with E-state index in [4.69, 9.17) is 25.8 Å². The molecule has 2 rings (SSSR count). The van der Waals surface area contributed by atoms with Crippen LogP contribution in [0.25, 0.3) is 0 Å². The van der Waals surface area contributed by atoms with Gasteiger partial charge in [-0.1, -0.05) is 57.5 Å². The minimum Gasteiger partial charge on any atom is -0.489 e. The van der Waals surface area contributed by atoms with Crippen molar-refractivity contribution in [2.45, 2.75) is 52.4 Å². The molecule has 0 amide bonds. The lowest BCUT2D eigenvalue weighted by molar-refractivity contribution is -0.106. The molecule has 0 radical (unpaired) electrons. The van der Waals surface area contributed by atoms with Crippen LogP contribution in [0.2, 0.25) is 5.02 Å². The van der Waals surface area contributed by atoms with Crippen LogP contribution in [0, 0.1) is 0 Å². The van der Waals surface area contributed by atoms with Gasteiger partial charge in [-0.25, -0.2) is 0 Å². The summed E-state index contributed by atoms with van der Waals surface area (Å²) in [6, 6.07) is 12.2. The van der Waals surface area contributed by atoms with E-state index in [-0.39, 0.29) is 0 Å². The van der Waals surface area contributed by atoms with Crippen molar-refractivity contribution < 1.29 is 14.2 Å². The normalized spacial score (nSPS) is 11.6. The van der Waals surface area contributed by atoms with Gasteiger partial charge in [0.05, 0.1) is 0 Å². The predicted molar refractivity (Wildman–Crippen MR) is 107 cm³/mol. The first-order valence-electron chi connectivity index (χ1n) is 8.97. The molecule has 0 atom stereocenters. The zero-order valence-electron chi connectivity index (χ0n) is 16.5. The maximum atomic E-state index is 6.24. The summed E-state index contributed by atoms with van der Waals surface area (Å²) >= 11 is 6.16. The highest BCUT2D eigenvalue weighted by Gasteiger charge is 2.16. The molecule has 2 aromatic rings. The standard InChI is InChI=1S/C22H29ClO3/c1-14(2)16-8-10-19(15(3)4)21(11-16)26-13-17-7-9-18(23)12-20(17)22(24-5)25-6/h7-12,14-15,22H,13H2,1-6H3. The third-order valence-corrected chi connectivity index (χ3v) is 4.73. The van der Waals surface area contributed by atoms with Gasteiger partial charge in [0.15, 0.2) is 6.29 Å². The summed E-state index contributed by atoms with van der Waals surface area (Å²) in [5.74, 6) is 1.77. The topological polar surface area (TPSA) is 27.7 Å². The van der Waals surface area contributed by atoms with Crippen LogP contribution in [0.3, 0.4) is 0 Å². The molecule has 0 N–H and O–H groups in total. The van der Waals surface area contributed by atoms with E-state index in [9.17, 15) is 0 Å². The lowest BCUT2D eigenvalue weighted by Gasteiger charge is -2.20. The summed E-state index contributed by atoms with van der Waals surface area (Å²) in [6.07, 6.45) is -0.473. The van der Waals surface area contributed by atoms with Gasteiger partial charge >= 0.3 is 0 Å². The molecule has 4 heteroatoms. The SMILES string of the molecule is COC(OC)c1cc(Cl)ccc1COc1cc(C(C)C)ccc1C(C)C. The third-order valence-electron chi connectivity index (χ3n) is 4.50. The van der Waals surface area contributed by atoms with Gasteiger partial charge in [0.1, 0.15) is 12.4 Å². The molecule has 142 valence electrons. The number of benzene rings is 2. The predicted octanol–water partition coefficient (Wildman–Crippen LogP) is 6.46. The third kappa shape index (κ3) is 5.00. The van der Waals surface area contributed by atoms with Crippen molar-refractivity contribution in [1.29, 1.82) is 0 Å². The molecular weight excluding hydrogens is 348 g/mol. The van der Waals surface area contributed by atoms with Crippen molar-refractivity contribution in [2.75, 3.05) is 14.2 Å². The summed E-state index contributed by atoms with van der Waals surface area (Å²) in [7, 11) is 3.23. The van der Waals surface area contributed by atoms with E-state index in [1.54, 1.807) is 14.2 Å². The average molecular weight is 377 g/mol. The first-order valence-corrected chi connectivity index (χ1v) is 9.35. The summed E-state index contributed by atoms with van der Waals surface area (Å²) in [5.41, 5.74) is 4.36. The Balaban J connectivity index is 2.32. The molecular formula is C22H29ClO3. The fourth-order valence-corrected chi connectivity index (χ4v) is 3.11. The van der Waals surface area contributed by atoms with Gasteiger partial charge in [0, 0.05) is 24.8 Å². The van der Waals surface area contributed by atoms with Crippen molar-refractivity contribution in [3.05, 3.63) is 63.7 Å². The van der Waals surface area contributed by atoms with Gasteiger partial charge in [-0.3, -0.25) is 0 Å². The zero-order chi connectivity index (χ0) is 19.3. The van der Waals surface area contributed by atoms with Gasteiger partial charge < -0.3 is 14.2 Å². The molecule has 0 bridgehead atoms. The summed E-state index contributed by atoms with van der Waals surface area (Å²) in [6.45, 7) is 9.16. The first-order chi connectivity index (χ1) is 12.4. The van der Waals surface area contributed by atoms with E-state index >= 15 is 0 Å². The number of ether oxygens (including phenoxy) is 3. The fraction of sp³-hybridized carbons (Fsp3) is 0.455. The second kappa shape index (κ2) is 9.40. The van der Waals surface area contributed by atoms with Crippen LogP contribution in [0.1, 0.15) is 68.1 Å². The molecule has 0 aliphatic rings. The molecule has 0 unspecified atom stereocenters. The van der Waals surface area contributed by atoms with E-state index in [0.717, 1.165) is 16.9 Å². The van der Waals surface area contributed by atoms with Gasteiger partial charge in [0.25, 0.3) is 0 Å². The highest BCUT2D eigenvalue weighted by molar-refractivity contribution is 6.30. The van der Waals surface area contributed by atoms with E-state index in [0.29, 0.717) is 23.5 Å². The Morgan fingerprint density at radius 2 is 1.54 bits per heavy atom. The van der Waals surface area contributed by atoms with Gasteiger partial charge in [-0.05, 0) is 46.7 Å². The van der Waals surface area contributed by atoms with Crippen LogP contribution in [-0.2, 0) is 16.1 Å². The molecule has 0 aliphatic carbocycles. The monoisotopic (exact) mass is 376 g/mol. The minimum absolute atomic E-state index is 0.390. The van der Waals surface area contributed by atoms with Crippen LogP contribution in [0.5, 0.6) is 5.75 Å². The van der Waals surface area contributed by atoms with Crippen LogP contribution in [0.15, 0.2) is 36.4 Å². The van der Waals surface area contributed by atoms with Crippen LogP contribution in [0.4, 0.5) is 0 Å². The van der Waals surface area contributed by atoms with Crippen LogP contribution in [-0.4, -0.2) is 14.2 Å². The quantitative estimate of drug-likeness (QED) is 0.495. The van der Waals surface area contributed by atoms with Crippen molar-refractivity contribution in [3.8, 4) is 5.75 Å². The van der Waals surface area contributed by atoms with Crippen molar-refractivity contribution in [3.63, 3.8) is 0 Å². The van der Waals surface area contributed by atoms with E-state index in [1.165, 1.54) is 11.1 Å². The van der Waals surface area contributed by atoms with E-state index < -0.39 is 6.29 Å². The first kappa shape index (κ1) is 20.8. The Kier molecular flexibility index (Phi) is 7.51. The molecule has 2 aromatic carbocycles. The second-order valence-electron chi connectivity index (χ2n) is 7.04. The number of rotatable bonds is 8. The lowest BCUT2D eigenvalue weighted by atomic mass is 9.96. The number of hydrogen-bond donors (Lipinski definition) is 0. The molecule has 0 saturated carbocycles. The molecule has 0 aliphatic heterocycles. The number of hydrogen-bond acceptors (Lipinski definition) is 3. The lowest BCUT2D eigenvalue weighted by Crippen LogP contribution is -2.10. The average Bonchev–Trinajstić information content (AvgIpc) is 2.61. The maximum absolute atomic E-state index is 6.24. The highest BCUT2D eigenvalue weighted by Crippen LogP contribution is 2.32. The van der Waals surface area contributed by atoms with Crippen molar-refractivity contribution in [2.24, 2.45) is 0 Å². The molecule has 0 fully saturated rings. The summed E-state index contributed by atoms with van der Waals surface area (Å²) < 4.78 is 17.1. The van der Waals surface area contributed by atoms with Crippen molar-refractivity contribution in [1.82, 2.24) is 0 Å². The Bertz CT molecular complexity index is 721. The molecule has 26 heavy (non-hydrogen) atoms. The molecule has 0 saturated heterocycles. The zero-order valence-corrected chi connectivity index (χ0v) is 17.3. The molecule has 3 nitrogen and oxygen atoms in total. The summed E-state index contributed by atoms with van der Waals surface area (Å²) in [4.78, 5) is 0. The molecule has 0 spiro atoms. The van der Waals surface area contributed by atoms with E-state index in [1.807, 2.05) is 18.2 Å².